The molecular weight excluding hydrogens is 390 g/mol. The highest BCUT2D eigenvalue weighted by atomic mass is 19.1. The van der Waals surface area contributed by atoms with Gasteiger partial charge in [-0.3, -0.25) is 14.6 Å². The second-order valence-corrected chi connectivity index (χ2v) is 7.62. The van der Waals surface area contributed by atoms with Gasteiger partial charge in [-0.05, 0) is 56.5 Å². The molecule has 6 nitrogen and oxygen atoms in total. The lowest BCUT2D eigenvalue weighted by molar-refractivity contribution is -0.124. The SMILES string of the molecule is Cc1c(C2(C(=O)N[C@H](C)c3ncc(C#N)cc3F)CC2)c(=O)[nH]c2ccc(F)cc12. The summed E-state index contributed by atoms with van der Waals surface area (Å²) in [6.07, 6.45) is 2.15. The Balaban J connectivity index is 1.69. The van der Waals surface area contributed by atoms with Crippen LogP contribution >= 0.6 is 0 Å². The van der Waals surface area contributed by atoms with E-state index >= 15 is 0 Å². The van der Waals surface area contributed by atoms with Gasteiger partial charge in [0.1, 0.15) is 17.7 Å². The van der Waals surface area contributed by atoms with E-state index in [1.807, 2.05) is 0 Å². The number of hydrogen-bond donors (Lipinski definition) is 2. The van der Waals surface area contributed by atoms with Crippen molar-refractivity contribution in [2.45, 2.75) is 38.1 Å². The molecule has 2 heterocycles. The van der Waals surface area contributed by atoms with Gasteiger partial charge in [0.05, 0.1) is 22.7 Å². The van der Waals surface area contributed by atoms with Crippen molar-refractivity contribution in [3.05, 3.63) is 74.8 Å². The van der Waals surface area contributed by atoms with E-state index in [2.05, 4.69) is 15.3 Å². The summed E-state index contributed by atoms with van der Waals surface area (Å²) in [5.41, 5.74) is -0.000923. The Morgan fingerprint density at radius 3 is 2.70 bits per heavy atom. The fourth-order valence-electron chi connectivity index (χ4n) is 3.95. The maximum absolute atomic E-state index is 14.3. The molecule has 1 aromatic carbocycles. The lowest BCUT2D eigenvalue weighted by Crippen LogP contribution is -2.40. The average Bonchev–Trinajstić information content (AvgIpc) is 3.50. The topological polar surface area (TPSA) is 98.6 Å². The molecule has 0 spiro atoms. The van der Waals surface area contributed by atoms with Crippen LogP contribution in [-0.4, -0.2) is 15.9 Å². The van der Waals surface area contributed by atoms with Crippen LogP contribution in [0.3, 0.4) is 0 Å². The second kappa shape index (κ2) is 7.02. The van der Waals surface area contributed by atoms with E-state index in [0.717, 1.165) is 6.07 Å². The number of pyridine rings is 2. The Bertz CT molecular complexity index is 1290. The number of H-pyrrole nitrogens is 1. The highest BCUT2D eigenvalue weighted by molar-refractivity contribution is 5.94. The predicted molar refractivity (Wildman–Crippen MR) is 106 cm³/mol. The second-order valence-electron chi connectivity index (χ2n) is 7.62. The minimum atomic E-state index is -1.05. The number of halogens is 2. The van der Waals surface area contributed by atoms with Crippen molar-refractivity contribution in [1.29, 1.82) is 5.26 Å². The fraction of sp³-hybridized carbons (Fsp3) is 0.273. The maximum atomic E-state index is 14.3. The molecule has 4 rings (SSSR count). The molecule has 1 atom stereocenters. The highest BCUT2D eigenvalue weighted by Crippen LogP contribution is 2.49. The minimum Gasteiger partial charge on any atom is -0.347 e. The molecule has 2 N–H and O–H groups in total. The van der Waals surface area contributed by atoms with Gasteiger partial charge in [-0.25, -0.2) is 8.78 Å². The first kappa shape index (κ1) is 19.7. The van der Waals surface area contributed by atoms with Crippen molar-refractivity contribution in [2.24, 2.45) is 0 Å². The summed E-state index contributed by atoms with van der Waals surface area (Å²) in [4.78, 5) is 32.6. The van der Waals surface area contributed by atoms with Crippen molar-refractivity contribution in [1.82, 2.24) is 15.3 Å². The number of amides is 1. The van der Waals surface area contributed by atoms with Gasteiger partial charge in [0.15, 0.2) is 0 Å². The zero-order chi connectivity index (χ0) is 21.6. The third-order valence-electron chi connectivity index (χ3n) is 5.66. The van der Waals surface area contributed by atoms with Gasteiger partial charge in [-0.2, -0.15) is 5.26 Å². The first-order valence-corrected chi connectivity index (χ1v) is 9.46. The fourth-order valence-corrected chi connectivity index (χ4v) is 3.95. The Kier molecular flexibility index (Phi) is 4.61. The van der Waals surface area contributed by atoms with Gasteiger partial charge < -0.3 is 10.3 Å². The average molecular weight is 408 g/mol. The lowest BCUT2D eigenvalue weighted by Gasteiger charge is -2.21. The molecule has 1 aliphatic rings. The largest absolute Gasteiger partial charge is 0.347 e. The first-order chi connectivity index (χ1) is 14.3. The molecule has 3 aromatic rings. The molecule has 2 aromatic heterocycles. The summed E-state index contributed by atoms with van der Waals surface area (Å²) in [5, 5.41) is 12.1. The molecule has 0 aliphatic heterocycles. The number of aromatic nitrogens is 2. The normalized spacial score (nSPS) is 15.4. The quantitative estimate of drug-likeness (QED) is 0.692. The summed E-state index contributed by atoms with van der Waals surface area (Å²) in [5.74, 6) is -1.54. The van der Waals surface area contributed by atoms with E-state index in [-0.39, 0.29) is 11.3 Å². The molecule has 1 aliphatic carbocycles. The molecule has 0 bridgehead atoms. The Labute approximate surface area is 170 Å². The monoisotopic (exact) mass is 408 g/mol. The van der Waals surface area contributed by atoms with Gasteiger partial charge in [-0.15, -0.1) is 0 Å². The van der Waals surface area contributed by atoms with Crippen LogP contribution in [0.2, 0.25) is 0 Å². The first-order valence-electron chi connectivity index (χ1n) is 9.46. The number of nitrogens with one attached hydrogen (secondary N) is 2. The number of aromatic amines is 1. The number of carbonyl (C=O) groups is 1. The van der Waals surface area contributed by atoms with Crippen LogP contribution in [0.25, 0.3) is 10.9 Å². The summed E-state index contributed by atoms with van der Waals surface area (Å²) in [7, 11) is 0. The van der Waals surface area contributed by atoms with Gasteiger partial charge >= 0.3 is 0 Å². The standard InChI is InChI=1S/C22H18F2N4O2/c1-11-15-8-14(23)3-4-17(15)28-20(29)18(11)22(5-6-22)21(30)27-12(2)19-16(24)7-13(9-25)10-26-19/h3-4,7-8,10,12H,5-6H2,1-2H3,(H,27,30)(H,28,29)/t12-/m1/s1. The van der Waals surface area contributed by atoms with Gasteiger partial charge in [0.25, 0.3) is 5.56 Å². The number of hydrogen-bond acceptors (Lipinski definition) is 4. The molecule has 0 unspecified atom stereocenters. The van der Waals surface area contributed by atoms with Gasteiger partial charge in [-0.1, -0.05) is 0 Å². The van der Waals surface area contributed by atoms with Gasteiger partial charge in [0.2, 0.25) is 5.91 Å². The molecular formula is C22H18F2N4O2. The summed E-state index contributed by atoms with van der Waals surface area (Å²) < 4.78 is 28.0. The number of fused-ring (bicyclic) bond motifs is 1. The molecule has 152 valence electrons. The van der Waals surface area contributed by atoms with Crippen molar-refractivity contribution >= 4 is 16.8 Å². The van der Waals surface area contributed by atoms with Crippen molar-refractivity contribution in [3.63, 3.8) is 0 Å². The lowest BCUT2D eigenvalue weighted by atomic mass is 9.90. The highest BCUT2D eigenvalue weighted by Gasteiger charge is 2.54. The smallest absolute Gasteiger partial charge is 0.252 e. The molecule has 1 amide bonds. The van der Waals surface area contributed by atoms with E-state index in [1.54, 1.807) is 19.9 Å². The van der Waals surface area contributed by atoms with E-state index in [4.69, 9.17) is 5.26 Å². The van der Waals surface area contributed by atoms with Crippen molar-refractivity contribution < 1.29 is 13.6 Å². The summed E-state index contributed by atoms with van der Waals surface area (Å²) in [6, 6.07) is 6.18. The van der Waals surface area contributed by atoms with E-state index in [0.29, 0.717) is 34.9 Å². The summed E-state index contributed by atoms with van der Waals surface area (Å²) >= 11 is 0. The number of carbonyl (C=O) groups excluding carboxylic acids is 1. The third-order valence-corrected chi connectivity index (χ3v) is 5.66. The third kappa shape index (κ3) is 3.12. The zero-order valence-corrected chi connectivity index (χ0v) is 16.3. The Morgan fingerprint density at radius 2 is 2.07 bits per heavy atom. The predicted octanol–water partition coefficient (Wildman–Crippen LogP) is 3.29. The van der Waals surface area contributed by atoms with Crippen LogP contribution in [0.1, 0.15) is 48.2 Å². The van der Waals surface area contributed by atoms with Crippen LogP contribution in [0.4, 0.5) is 8.78 Å². The molecule has 1 saturated carbocycles. The Morgan fingerprint density at radius 1 is 1.33 bits per heavy atom. The van der Waals surface area contributed by atoms with Crippen LogP contribution < -0.4 is 10.9 Å². The molecule has 0 saturated heterocycles. The van der Waals surface area contributed by atoms with Gasteiger partial charge in [0, 0.05) is 22.7 Å². The van der Waals surface area contributed by atoms with Crippen LogP contribution in [0.5, 0.6) is 0 Å². The zero-order valence-electron chi connectivity index (χ0n) is 16.3. The molecule has 30 heavy (non-hydrogen) atoms. The molecule has 1 fully saturated rings. The minimum absolute atomic E-state index is 0.00404. The Hall–Kier alpha value is -3.60. The van der Waals surface area contributed by atoms with E-state index in [9.17, 15) is 18.4 Å². The molecule has 8 heteroatoms. The number of rotatable bonds is 4. The number of aryl methyl sites for hydroxylation is 1. The van der Waals surface area contributed by atoms with E-state index in [1.165, 1.54) is 24.4 Å². The maximum Gasteiger partial charge on any atom is 0.252 e. The summed E-state index contributed by atoms with van der Waals surface area (Å²) in [6.45, 7) is 3.28. The van der Waals surface area contributed by atoms with Crippen molar-refractivity contribution in [2.75, 3.05) is 0 Å². The number of nitrogens with zero attached hydrogens (tertiary/aromatic N) is 2. The number of benzene rings is 1. The van der Waals surface area contributed by atoms with Crippen LogP contribution in [0.15, 0.2) is 35.3 Å². The van der Waals surface area contributed by atoms with Crippen LogP contribution in [0, 0.1) is 29.9 Å². The van der Waals surface area contributed by atoms with Crippen LogP contribution in [-0.2, 0) is 10.2 Å². The van der Waals surface area contributed by atoms with E-state index < -0.39 is 34.6 Å². The van der Waals surface area contributed by atoms with Crippen molar-refractivity contribution in [3.8, 4) is 6.07 Å². The number of nitriles is 1. The molecule has 0 radical (unpaired) electrons.